The molecule has 1 aromatic carbocycles. The second-order valence-corrected chi connectivity index (χ2v) is 3.16. The van der Waals surface area contributed by atoms with Crippen molar-refractivity contribution in [1.82, 2.24) is 0 Å². The number of hydrogen-bond acceptors (Lipinski definition) is 1. The molecular formula is C10H13ClO. The summed E-state index contributed by atoms with van der Waals surface area (Å²) in [5.41, 5.74) is 1.28. The Kier molecular flexibility index (Phi) is 4.12. The Hall–Kier alpha value is -0.530. The molecule has 0 atom stereocenters. The van der Waals surface area contributed by atoms with Crippen molar-refractivity contribution >= 4 is 11.6 Å². The van der Waals surface area contributed by atoms with Gasteiger partial charge in [0.15, 0.2) is 0 Å². The summed E-state index contributed by atoms with van der Waals surface area (Å²) in [7, 11) is 1.72. The molecule has 0 aromatic heterocycles. The molecule has 0 radical (unpaired) electrons. The van der Waals surface area contributed by atoms with Gasteiger partial charge in [0.05, 0.1) is 0 Å². The summed E-state index contributed by atoms with van der Waals surface area (Å²) in [6.07, 6.45) is 2.09. The predicted molar refractivity (Wildman–Crippen MR) is 51.6 cm³/mol. The first-order valence-corrected chi connectivity index (χ1v) is 4.44. The number of ether oxygens (including phenoxy) is 1. The van der Waals surface area contributed by atoms with Crippen LogP contribution in [0.1, 0.15) is 12.0 Å². The van der Waals surface area contributed by atoms with Gasteiger partial charge in [0.2, 0.25) is 0 Å². The van der Waals surface area contributed by atoms with E-state index in [-0.39, 0.29) is 0 Å². The number of methoxy groups -OCH3 is 1. The number of hydrogen-bond donors (Lipinski definition) is 0. The van der Waals surface area contributed by atoms with Crippen molar-refractivity contribution in [3.05, 3.63) is 34.9 Å². The van der Waals surface area contributed by atoms with Crippen LogP contribution in [-0.4, -0.2) is 13.7 Å². The van der Waals surface area contributed by atoms with Crippen LogP contribution in [0.5, 0.6) is 0 Å². The highest BCUT2D eigenvalue weighted by molar-refractivity contribution is 6.30. The van der Waals surface area contributed by atoms with E-state index in [4.69, 9.17) is 16.3 Å². The Labute approximate surface area is 78.3 Å². The molecule has 0 heterocycles. The third-order valence-electron chi connectivity index (χ3n) is 1.70. The maximum atomic E-state index is 5.83. The highest BCUT2D eigenvalue weighted by Gasteiger charge is 1.93. The molecule has 0 fully saturated rings. The summed E-state index contributed by atoms with van der Waals surface area (Å²) in [4.78, 5) is 0. The van der Waals surface area contributed by atoms with Gasteiger partial charge in [-0.15, -0.1) is 0 Å². The SMILES string of the molecule is COCCCc1cccc(Cl)c1. The second kappa shape index (κ2) is 5.18. The van der Waals surface area contributed by atoms with Crippen molar-refractivity contribution in [2.24, 2.45) is 0 Å². The van der Waals surface area contributed by atoms with E-state index < -0.39 is 0 Å². The molecule has 0 aliphatic heterocycles. The van der Waals surface area contributed by atoms with E-state index in [2.05, 4.69) is 6.07 Å². The van der Waals surface area contributed by atoms with Crippen molar-refractivity contribution in [2.45, 2.75) is 12.8 Å². The molecule has 0 aliphatic carbocycles. The zero-order valence-electron chi connectivity index (χ0n) is 7.22. The molecule has 0 amide bonds. The van der Waals surface area contributed by atoms with Crippen molar-refractivity contribution in [2.75, 3.05) is 13.7 Å². The van der Waals surface area contributed by atoms with Crippen LogP contribution in [0.25, 0.3) is 0 Å². The van der Waals surface area contributed by atoms with Gasteiger partial charge in [0.1, 0.15) is 0 Å². The van der Waals surface area contributed by atoms with Crippen molar-refractivity contribution in [3.8, 4) is 0 Å². The van der Waals surface area contributed by atoms with Gasteiger partial charge in [-0.25, -0.2) is 0 Å². The first kappa shape index (κ1) is 9.56. The van der Waals surface area contributed by atoms with Gasteiger partial charge in [-0.1, -0.05) is 23.7 Å². The lowest BCUT2D eigenvalue weighted by molar-refractivity contribution is 0.195. The van der Waals surface area contributed by atoms with Gasteiger partial charge in [-0.05, 0) is 30.5 Å². The summed E-state index contributed by atoms with van der Waals surface area (Å²) in [6.45, 7) is 0.812. The molecule has 0 saturated carbocycles. The van der Waals surface area contributed by atoms with E-state index in [9.17, 15) is 0 Å². The molecular weight excluding hydrogens is 172 g/mol. The van der Waals surface area contributed by atoms with Crippen LogP contribution in [-0.2, 0) is 11.2 Å². The third kappa shape index (κ3) is 3.24. The number of aryl methyl sites for hydroxylation is 1. The summed E-state index contributed by atoms with van der Waals surface area (Å²) in [6, 6.07) is 7.95. The van der Waals surface area contributed by atoms with Crippen LogP contribution in [0, 0.1) is 0 Å². The summed E-state index contributed by atoms with van der Waals surface area (Å²) >= 11 is 5.83. The van der Waals surface area contributed by atoms with Gasteiger partial charge in [0, 0.05) is 18.7 Å². The lowest BCUT2D eigenvalue weighted by atomic mass is 10.1. The Balaban J connectivity index is 2.41. The standard InChI is InChI=1S/C10H13ClO/c1-12-7-3-5-9-4-2-6-10(11)8-9/h2,4,6,8H,3,5,7H2,1H3. The van der Waals surface area contributed by atoms with E-state index in [1.165, 1.54) is 5.56 Å². The minimum absolute atomic E-state index is 0.810. The minimum atomic E-state index is 0.810. The van der Waals surface area contributed by atoms with Crippen LogP contribution >= 0.6 is 11.6 Å². The molecule has 0 unspecified atom stereocenters. The highest BCUT2D eigenvalue weighted by atomic mass is 35.5. The normalized spacial score (nSPS) is 10.2. The topological polar surface area (TPSA) is 9.23 Å². The van der Waals surface area contributed by atoms with E-state index in [1.54, 1.807) is 7.11 Å². The van der Waals surface area contributed by atoms with Crippen LogP contribution in [0.15, 0.2) is 24.3 Å². The van der Waals surface area contributed by atoms with Gasteiger partial charge < -0.3 is 4.74 Å². The fourth-order valence-corrected chi connectivity index (χ4v) is 1.33. The van der Waals surface area contributed by atoms with Gasteiger partial charge in [0.25, 0.3) is 0 Å². The molecule has 0 saturated heterocycles. The average Bonchev–Trinajstić information content (AvgIpc) is 2.05. The maximum absolute atomic E-state index is 5.83. The molecule has 0 N–H and O–H groups in total. The van der Waals surface area contributed by atoms with Crippen LogP contribution < -0.4 is 0 Å². The maximum Gasteiger partial charge on any atom is 0.0465 e. The summed E-state index contributed by atoms with van der Waals surface area (Å²) < 4.78 is 4.96. The smallest absolute Gasteiger partial charge is 0.0465 e. The molecule has 0 spiro atoms. The monoisotopic (exact) mass is 184 g/mol. The first-order valence-electron chi connectivity index (χ1n) is 4.06. The molecule has 1 rings (SSSR count). The molecule has 0 aliphatic rings. The Morgan fingerprint density at radius 3 is 2.92 bits per heavy atom. The van der Waals surface area contributed by atoms with E-state index >= 15 is 0 Å². The van der Waals surface area contributed by atoms with E-state index in [0.29, 0.717) is 0 Å². The van der Waals surface area contributed by atoms with Crippen molar-refractivity contribution in [3.63, 3.8) is 0 Å². The van der Waals surface area contributed by atoms with Gasteiger partial charge in [-0.3, -0.25) is 0 Å². The quantitative estimate of drug-likeness (QED) is 0.654. The van der Waals surface area contributed by atoms with Crippen LogP contribution in [0.4, 0.5) is 0 Å². The third-order valence-corrected chi connectivity index (χ3v) is 1.94. The molecule has 1 aromatic rings. The van der Waals surface area contributed by atoms with Crippen LogP contribution in [0.2, 0.25) is 5.02 Å². The van der Waals surface area contributed by atoms with Gasteiger partial charge in [-0.2, -0.15) is 0 Å². The fraction of sp³-hybridized carbons (Fsp3) is 0.400. The predicted octanol–water partition coefficient (Wildman–Crippen LogP) is 2.92. The minimum Gasteiger partial charge on any atom is -0.385 e. The highest BCUT2D eigenvalue weighted by Crippen LogP contribution is 2.11. The number of benzene rings is 1. The number of rotatable bonds is 4. The summed E-state index contributed by atoms with van der Waals surface area (Å²) in [5.74, 6) is 0. The zero-order chi connectivity index (χ0) is 8.81. The molecule has 12 heavy (non-hydrogen) atoms. The fourth-order valence-electron chi connectivity index (χ4n) is 1.11. The van der Waals surface area contributed by atoms with E-state index in [1.807, 2.05) is 18.2 Å². The lowest BCUT2D eigenvalue weighted by Crippen LogP contribution is -1.92. The molecule has 66 valence electrons. The number of halogens is 1. The molecule has 1 nitrogen and oxygen atoms in total. The lowest BCUT2D eigenvalue weighted by Gasteiger charge is -2.00. The van der Waals surface area contributed by atoms with Gasteiger partial charge >= 0.3 is 0 Å². The second-order valence-electron chi connectivity index (χ2n) is 2.73. The van der Waals surface area contributed by atoms with Crippen LogP contribution in [0.3, 0.4) is 0 Å². The molecule has 2 heteroatoms. The van der Waals surface area contributed by atoms with Crippen molar-refractivity contribution < 1.29 is 4.74 Å². The Bertz CT molecular complexity index is 235. The average molecular weight is 185 g/mol. The summed E-state index contributed by atoms with van der Waals surface area (Å²) in [5, 5.41) is 0.810. The first-order chi connectivity index (χ1) is 5.83. The Morgan fingerprint density at radius 2 is 2.25 bits per heavy atom. The Morgan fingerprint density at radius 1 is 1.42 bits per heavy atom. The van der Waals surface area contributed by atoms with Crippen molar-refractivity contribution in [1.29, 1.82) is 0 Å². The van der Waals surface area contributed by atoms with E-state index in [0.717, 1.165) is 24.5 Å². The zero-order valence-corrected chi connectivity index (χ0v) is 7.97. The molecule has 0 bridgehead atoms. The largest absolute Gasteiger partial charge is 0.385 e.